The molecule has 2 aromatic rings. The lowest BCUT2D eigenvalue weighted by Crippen LogP contribution is -2.36. The number of aliphatic imine (C=N–C) groups is 1. The lowest BCUT2D eigenvalue weighted by molar-refractivity contribution is 0.0904. The number of carbonyl (C=O) groups is 1. The molecule has 2 aliphatic rings. The van der Waals surface area contributed by atoms with Crippen LogP contribution in [0.2, 0.25) is 0 Å². The zero-order valence-electron chi connectivity index (χ0n) is 16.4. The predicted molar refractivity (Wildman–Crippen MR) is 112 cm³/mol. The Bertz CT molecular complexity index is 1000. The van der Waals surface area contributed by atoms with Crippen molar-refractivity contribution in [3.05, 3.63) is 41.9 Å². The van der Waals surface area contributed by atoms with Crippen LogP contribution in [-0.4, -0.2) is 53.4 Å². The Kier molecular flexibility index (Phi) is 5.75. The van der Waals surface area contributed by atoms with Gasteiger partial charge < -0.3 is 20.5 Å². The van der Waals surface area contributed by atoms with Crippen LogP contribution in [0.25, 0.3) is 11.3 Å². The number of carbonyl (C=O) groups excluding carboxylic acids is 1. The number of hydrogen-bond acceptors (Lipinski definition) is 8. The molecule has 2 atom stereocenters. The molecule has 3 N–H and O–H groups in total. The third-order valence-electron chi connectivity index (χ3n) is 5.40. The SMILES string of the molecule is N#CN1C[C@H](NC(=O)c2ncc(-c3ccccc3C3CC3)o2)C[C@H]1CN=C/C=N\N. The number of oxazole rings is 1. The van der Waals surface area contributed by atoms with Gasteiger partial charge in [-0.05, 0) is 30.7 Å². The van der Waals surface area contributed by atoms with E-state index in [0.717, 1.165) is 5.56 Å². The highest BCUT2D eigenvalue weighted by Crippen LogP contribution is 2.44. The third kappa shape index (κ3) is 4.33. The van der Waals surface area contributed by atoms with Crippen molar-refractivity contribution < 1.29 is 9.21 Å². The van der Waals surface area contributed by atoms with Crippen LogP contribution in [0.4, 0.5) is 0 Å². The Morgan fingerprint density at radius 2 is 2.23 bits per heavy atom. The second-order valence-corrected chi connectivity index (χ2v) is 7.52. The van der Waals surface area contributed by atoms with Crippen LogP contribution in [0, 0.1) is 11.5 Å². The van der Waals surface area contributed by atoms with E-state index in [2.05, 4.69) is 32.7 Å². The lowest BCUT2D eigenvalue weighted by atomic mass is 10.0. The first-order valence-electron chi connectivity index (χ1n) is 9.93. The number of nitrogens with two attached hydrogens (primary N) is 1. The van der Waals surface area contributed by atoms with Gasteiger partial charge >= 0.3 is 5.91 Å². The van der Waals surface area contributed by atoms with Crippen LogP contribution >= 0.6 is 0 Å². The fourth-order valence-electron chi connectivity index (χ4n) is 3.81. The van der Waals surface area contributed by atoms with E-state index >= 15 is 0 Å². The molecular formula is C21H23N7O2. The summed E-state index contributed by atoms with van der Waals surface area (Å²) in [6.45, 7) is 0.846. The number of aromatic nitrogens is 1. The number of nitriles is 1. The maximum Gasteiger partial charge on any atom is 0.307 e. The number of hydrazone groups is 1. The fourth-order valence-corrected chi connectivity index (χ4v) is 3.81. The van der Waals surface area contributed by atoms with Crippen molar-refractivity contribution in [1.29, 1.82) is 5.26 Å². The summed E-state index contributed by atoms with van der Waals surface area (Å²) in [4.78, 5) is 22.6. The Morgan fingerprint density at radius 3 is 3.00 bits per heavy atom. The van der Waals surface area contributed by atoms with E-state index in [1.165, 1.54) is 30.8 Å². The van der Waals surface area contributed by atoms with Gasteiger partial charge in [0.15, 0.2) is 12.0 Å². The highest BCUT2D eigenvalue weighted by atomic mass is 16.4. The smallest absolute Gasteiger partial charge is 0.307 e. The second kappa shape index (κ2) is 8.78. The molecule has 154 valence electrons. The normalized spacial score (nSPS) is 21.4. The van der Waals surface area contributed by atoms with E-state index in [4.69, 9.17) is 10.3 Å². The minimum Gasteiger partial charge on any atom is -0.432 e. The molecule has 2 heterocycles. The van der Waals surface area contributed by atoms with E-state index in [1.54, 1.807) is 11.1 Å². The summed E-state index contributed by atoms with van der Waals surface area (Å²) in [5.41, 5.74) is 2.23. The maximum atomic E-state index is 12.6. The molecule has 2 fully saturated rings. The maximum absolute atomic E-state index is 12.6. The van der Waals surface area contributed by atoms with E-state index in [9.17, 15) is 10.1 Å². The van der Waals surface area contributed by atoms with E-state index in [-0.39, 0.29) is 23.9 Å². The minimum atomic E-state index is -0.382. The number of benzene rings is 1. The third-order valence-corrected chi connectivity index (χ3v) is 5.40. The second-order valence-electron chi connectivity index (χ2n) is 7.52. The van der Waals surface area contributed by atoms with Crippen LogP contribution < -0.4 is 11.2 Å². The number of amides is 1. The highest BCUT2D eigenvalue weighted by Gasteiger charge is 2.33. The summed E-state index contributed by atoms with van der Waals surface area (Å²) >= 11 is 0. The minimum absolute atomic E-state index is 0.0275. The van der Waals surface area contributed by atoms with Crippen molar-refractivity contribution in [3.63, 3.8) is 0 Å². The molecule has 0 unspecified atom stereocenters. The predicted octanol–water partition coefficient (Wildman–Crippen LogP) is 1.89. The highest BCUT2D eigenvalue weighted by molar-refractivity contribution is 6.15. The van der Waals surface area contributed by atoms with Crippen molar-refractivity contribution in [3.8, 4) is 17.5 Å². The van der Waals surface area contributed by atoms with Crippen molar-refractivity contribution in [2.75, 3.05) is 13.1 Å². The van der Waals surface area contributed by atoms with Crippen LogP contribution in [-0.2, 0) is 0 Å². The quantitative estimate of drug-likeness (QED) is 0.313. The van der Waals surface area contributed by atoms with Crippen LogP contribution in [0.3, 0.4) is 0 Å². The number of hydrogen-bond donors (Lipinski definition) is 2. The first kappa shape index (κ1) is 19.6. The molecule has 1 aliphatic heterocycles. The van der Waals surface area contributed by atoms with Gasteiger partial charge in [-0.2, -0.15) is 10.4 Å². The zero-order valence-corrected chi connectivity index (χ0v) is 16.4. The van der Waals surface area contributed by atoms with Gasteiger partial charge in [-0.15, -0.1) is 0 Å². The molecule has 1 saturated heterocycles. The van der Waals surface area contributed by atoms with E-state index in [1.807, 2.05) is 18.2 Å². The van der Waals surface area contributed by atoms with Gasteiger partial charge in [-0.1, -0.05) is 24.3 Å². The Morgan fingerprint density at radius 1 is 1.40 bits per heavy atom. The molecule has 1 aromatic carbocycles. The van der Waals surface area contributed by atoms with Gasteiger partial charge in [-0.3, -0.25) is 9.79 Å². The summed E-state index contributed by atoms with van der Waals surface area (Å²) in [5, 5.41) is 15.6. The molecule has 1 saturated carbocycles. The fraction of sp³-hybridized carbons (Fsp3) is 0.381. The topological polar surface area (TPSA) is 133 Å². The average molecular weight is 405 g/mol. The van der Waals surface area contributed by atoms with Crippen molar-refractivity contribution in [2.24, 2.45) is 15.9 Å². The van der Waals surface area contributed by atoms with Crippen molar-refractivity contribution in [1.82, 2.24) is 15.2 Å². The number of rotatable bonds is 7. The summed E-state index contributed by atoms with van der Waals surface area (Å²) in [6, 6.07) is 7.80. The van der Waals surface area contributed by atoms with Gasteiger partial charge in [0.2, 0.25) is 0 Å². The molecule has 0 spiro atoms. The average Bonchev–Trinajstić information content (AvgIpc) is 3.36. The van der Waals surface area contributed by atoms with E-state index in [0.29, 0.717) is 31.2 Å². The van der Waals surface area contributed by atoms with Crippen molar-refractivity contribution in [2.45, 2.75) is 37.3 Å². The van der Waals surface area contributed by atoms with Gasteiger partial charge in [0.1, 0.15) is 0 Å². The lowest BCUT2D eigenvalue weighted by Gasteiger charge is -2.14. The molecule has 9 nitrogen and oxygen atoms in total. The largest absolute Gasteiger partial charge is 0.432 e. The van der Waals surface area contributed by atoms with Gasteiger partial charge in [-0.25, -0.2) is 4.98 Å². The zero-order chi connectivity index (χ0) is 20.9. The molecule has 1 aromatic heterocycles. The molecule has 9 heteroatoms. The molecule has 0 bridgehead atoms. The molecule has 1 amide bonds. The van der Waals surface area contributed by atoms with Crippen LogP contribution in [0.15, 0.2) is 45.0 Å². The summed E-state index contributed by atoms with van der Waals surface area (Å²) < 4.78 is 5.78. The van der Waals surface area contributed by atoms with Gasteiger partial charge in [0.25, 0.3) is 5.89 Å². The number of nitrogens with one attached hydrogen (secondary N) is 1. The Labute approximate surface area is 174 Å². The van der Waals surface area contributed by atoms with Crippen LogP contribution in [0.1, 0.15) is 41.4 Å². The molecule has 4 rings (SSSR count). The standard InChI is InChI=1S/C21H23N7O2/c22-13-28-12-15(9-16(28)10-24-7-8-26-23)27-20(29)21-25-11-19(30-21)18-4-2-1-3-17(18)14-5-6-14/h1-4,7-8,11,14-16H,5-6,9-10,12,23H2,(H,27,29)/b24-7?,26-8-/t15-,16+/m1/s1. The summed E-state index contributed by atoms with van der Waals surface area (Å²) in [6.07, 6.45) is 9.60. The Balaban J connectivity index is 1.40. The first-order valence-corrected chi connectivity index (χ1v) is 9.93. The molecule has 1 aliphatic carbocycles. The molecular weight excluding hydrogens is 382 g/mol. The van der Waals surface area contributed by atoms with Crippen LogP contribution in [0.5, 0.6) is 0 Å². The van der Waals surface area contributed by atoms with Crippen molar-refractivity contribution >= 4 is 18.3 Å². The first-order chi connectivity index (χ1) is 14.7. The number of nitrogens with zero attached hydrogens (tertiary/aromatic N) is 5. The molecule has 0 radical (unpaired) electrons. The van der Waals surface area contributed by atoms with E-state index < -0.39 is 0 Å². The van der Waals surface area contributed by atoms with Gasteiger partial charge in [0.05, 0.1) is 25.0 Å². The van der Waals surface area contributed by atoms with Gasteiger partial charge in [0, 0.05) is 24.4 Å². The molecule has 30 heavy (non-hydrogen) atoms. The summed E-state index contributed by atoms with van der Waals surface area (Å²) in [5.74, 6) is 5.84. The summed E-state index contributed by atoms with van der Waals surface area (Å²) in [7, 11) is 0. The number of likely N-dealkylation sites (tertiary alicyclic amines) is 1. The Hall–Kier alpha value is -3.67. The monoisotopic (exact) mass is 405 g/mol.